The minimum atomic E-state index is -0.927. The molecule has 5 aliphatic rings. The number of phenolic OH excluding ortho intramolecular Hbond substituents is 1. The van der Waals surface area contributed by atoms with Gasteiger partial charge in [0, 0.05) is 42.5 Å². The van der Waals surface area contributed by atoms with Gasteiger partial charge in [0.05, 0.1) is 17.1 Å². The van der Waals surface area contributed by atoms with Gasteiger partial charge in [0.25, 0.3) is 0 Å². The van der Waals surface area contributed by atoms with Gasteiger partial charge in [-0.2, -0.15) is 9.97 Å². The number of halogens is 3. The van der Waals surface area contributed by atoms with Crippen LogP contribution in [0.25, 0.3) is 32.9 Å². The summed E-state index contributed by atoms with van der Waals surface area (Å²) >= 11 is 0. The Labute approximate surface area is 262 Å². The van der Waals surface area contributed by atoms with Crippen LogP contribution in [0.1, 0.15) is 37.7 Å². The van der Waals surface area contributed by atoms with Crippen molar-refractivity contribution < 1.29 is 27.8 Å². The van der Waals surface area contributed by atoms with Gasteiger partial charge in [-0.25, -0.2) is 18.2 Å². The predicted molar refractivity (Wildman–Crippen MR) is 165 cm³/mol. The van der Waals surface area contributed by atoms with Crippen molar-refractivity contribution in [1.29, 1.82) is 0 Å². The number of fused-ring (bicyclic) bond motifs is 7. The zero-order valence-electron chi connectivity index (χ0n) is 24.9. The van der Waals surface area contributed by atoms with Crippen molar-refractivity contribution in [2.75, 3.05) is 37.7 Å². The summed E-state index contributed by atoms with van der Waals surface area (Å²) in [5.74, 6) is 1.35. The summed E-state index contributed by atoms with van der Waals surface area (Å²) in [6.07, 6.45) is 8.89. The lowest BCUT2D eigenvalue weighted by molar-refractivity contribution is 0.107. The topological polar surface area (TPSA) is 95.9 Å². The zero-order chi connectivity index (χ0) is 31.3. The molecule has 12 heteroatoms. The number of aromatic nitrogens is 3. The van der Waals surface area contributed by atoms with Gasteiger partial charge >= 0.3 is 6.01 Å². The Hall–Kier alpha value is -4.34. The van der Waals surface area contributed by atoms with Gasteiger partial charge < -0.3 is 24.8 Å². The van der Waals surface area contributed by atoms with Crippen LogP contribution in [0.2, 0.25) is 0 Å². The summed E-state index contributed by atoms with van der Waals surface area (Å²) in [6.45, 7) is 2.27. The normalized spacial score (nSPS) is 28.2. The van der Waals surface area contributed by atoms with E-state index in [0.717, 1.165) is 32.2 Å². The highest BCUT2D eigenvalue weighted by Crippen LogP contribution is 2.45. The van der Waals surface area contributed by atoms with Crippen LogP contribution in [0.5, 0.6) is 17.6 Å². The van der Waals surface area contributed by atoms with E-state index in [1.807, 2.05) is 0 Å². The standard InChI is InChI=1S/C34H31F3N6O3/c1-2-21-23(36)6-4-17-10-20(44)11-22(26(17)21)29-28(37)30-27-31(43-14-19-5-7-24(38-19)25(43)15-45-32(27)39-29)41-33(40-30)46-16-34-8-3-9-42(34)13-18(35)12-34/h1,4,6,10-11,18-19,24-25,38,44H,3,5,7-9,12-16H2/t18?,19-,24+,25-,34?/m1/s1. The highest BCUT2D eigenvalue weighted by molar-refractivity contribution is 6.04. The third-order valence-corrected chi connectivity index (χ3v) is 10.6. The average molecular weight is 629 g/mol. The number of terminal acetylenes is 1. The molecular formula is C34H31F3N6O3. The Balaban J connectivity index is 1.25. The predicted octanol–water partition coefficient (Wildman–Crippen LogP) is 4.47. The summed E-state index contributed by atoms with van der Waals surface area (Å²) < 4.78 is 59.1. The number of rotatable bonds is 4. The molecule has 2 aromatic carbocycles. The number of alkyl halides is 1. The van der Waals surface area contributed by atoms with Crippen LogP contribution < -0.4 is 19.7 Å². The molecule has 4 saturated heterocycles. The Morgan fingerprint density at radius 2 is 2.04 bits per heavy atom. The maximum Gasteiger partial charge on any atom is 0.319 e. The number of hydrogen-bond acceptors (Lipinski definition) is 9. The minimum absolute atomic E-state index is 0.0179. The van der Waals surface area contributed by atoms with Crippen LogP contribution in [0.4, 0.5) is 19.0 Å². The molecular weight excluding hydrogens is 597 g/mol. The molecule has 5 aliphatic heterocycles. The summed E-state index contributed by atoms with van der Waals surface area (Å²) in [5, 5.41) is 15.3. The molecule has 46 heavy (non-hydrogen) atoms. The molecule has 236 valence electrons. The molecule has 4 aromatic rings. The summed E-state index contributed by atoms with van der Waals surface area (Å²) in [6, 6.07) is 5.72. The van der Waals surface area contributed by atoms with E-state index >= 15 is 4.39 Å². The SMILES string of the molecule is C#Cc1c(F)ccc2cc(O)cc(-c3nc4c5c(nc(OCC67CCCN6CC(F)C7)nc5c3F)N3C[C@H]5CC[C@H](N5)[C@H]3CO4)c12. The lowest BCUT2D eigenvalue weighted by atomic mass is 9.95. The Kier molecular flexibility index (Phi) is 6.12. The van der Waals surface area contributed by atoms with Crippen molar-refractivity contribution in [2.24, 2.45) is 0 Å². The van der Waals surface area contributed by atoms with Crippen LogP contribution >= 0.6 is 0 Å². The number of phenols is 1. The van der Waals surface area contributed by atoms with Gasteiger partial charge in [-0.05, 0) is 55.8 Å². The van der Waals surface area contributed by atoms with Gasteiger partial charge in [0.1, 0.15) is 53.4 Å². The van der Waals surface area contributed by atoms with Gasteiger partial charge in [0.15, 0.2) is 5.82 Å². The van der Waals surface area contributed by atoms with Crippen molar-refractivity contribution in [3.8, 4) is 41.2 Å². The lowest BCUT2D eigenvalue weighted by Crippen LogP contribution is -2.60. The van der Waals surface area contributed by atoms with E-state index in [1.54, 1.807) is 0 Å². The number of aromatic hydroxyl groups is 1. The molecule has 0 radical (unpaired) electrons. The van der Waals surface area contributed by atoms with Crippen molar-refractivity contribution in [1.82, 2.24) is 25.2 Å². The fraction of sp³-hybridized carbons (Fsp3) is 0.441. The lowest BCUT2D eigenvalue weighted by Gasteiger charge is -2.40. The monoisotopic (exact) mass is 628 g/mol. The van der Waals surface area contributed by atoms with E-state index in [2.05, 4.69) is 31.0 Å². The number of piperazine rings is 1. The maximum atomic E-state index is 17.0. The molecule has 5 atom stereocenters. The van der Waals surface area contributed by atoms with Crippen molar-refractivity contribution >= 4 is 27.5 Å². The van der Waals surface area contributed by atoms with Crippen LogP contribution in [0.15, 0.2) is 24.3 Å². The second kappa shape index (κ2) is 10.1. The second-order valence-corrected chi connectivity index (χ2v) is 13.2. The molecule has 0 aliphatic carbocycles. The first kappa shape index (κ1) is 27.9. The van der Waals surface area contributed by atoms with Crippen LogP contribution in [-0.4, -0.2) is 87.6 Å². The number of nitrogens with one attached hydrogen (secondary N) is 1. The first-order chi connectivity index (χ1) is 22.3. The average Bonchev–Trinajstić information content (AvgIpc) is 3.68. The first-order valence-electron chi connectivity index (χ1n) is 15.8. The number of nitrogens with zero attached hydrogens (tertiary/aromatic N) is 5. The molecule has 2 bridgehead atoms. The van der Waals surface area contributed by atoms with E-state index in [1.165, 1.54) is 24.3 Å². The fourth-order valence-electron chi connectivity index (χ4n) is 8.56. The molecule has 0 amide bonds. The Morgan fingerprint density at radius 3 is 2.91 bits per heavy atom. The quantitative estimate of drug-likeness (QED) is 0.318. The van der Waals surface area contributed by atoms with E-state index in [0.29, 0.717) is 36.1 Å². The summed E-state index contributed by atoms with van der Waals surface area (Å²) in [5.41, 5.74) is -0.688. The number of pyridine rings is 1. The van der Waals surface area contributed by atoms with E-state index in [4.69, 9.17) is 20.9 Å². The minimum Gasteiger partial charge on any atom is -0.508 e. The van der Waals surface area contributed by atoms with Crippen molar-refractivity contribution in [2.45, 2.75) is 61.9 Å². The number of hydrogen-bond donors (Lipinski definition) is 2. The van der Waals surface area contributed by atoms with Gasteiger partial charge in [-0.1, -0.05) is 12.0 Å². The molecule has 9 nitrogen and oxygen atoms in total. The summed E-state index contributed by atoms with van der Waals surface area (Å²) in [7, 11) is 0. The van der Waals surface area contributed by atoms with Crippen molar-refractivity contribution in [3.05, 3.63) is 41.5 Å². The van der Waals surface area contributed by atoms with Gasteiger partial charge in [-0.3, -0.25) is 4.90 Å². The number of ether oxygens (including phenoxy) is 2. The largest absolute Gasteiger partial charge is 0.508 e. The van der Waals surface area contributed by atoms with E-state index < -0.39 is 23.3 Å². The third-order valence-electron chi connectivity index (χ3n) is 10.6. The van der Waals surface area contributed by atoms with E-state index in [-0.39, 0.29) is 76.7 Å². The Morgan fingerprint density at radius 1 is 1.15 bits per heavy atom. The molecule has 2 aromatic heterocycles. The van der Waals surface area contributed by atoms with Crippen molar-refractivity contribution in [3.63, 3.8) is 0 Å². The molecule has 0 saturated carbocycles. The molecule has 4 fully saturated rings. The molecule has 0 spiro atoms. The smallest absolute Gasteiger partial charge is 0.319 e. The molecule has 2 N–H and O–H groups in total. The molecule has 2 unspecified atom stereocenters. The van der Waals surface area contributed by atoms with Crippen LogP contribution in [0, 0.1) is 24.0 Å². The highest BCUT2D eigenvalue weighted by Gasteiger charge is 2.50. The van der Waals surface area contributed by atoms with E-state index in [9.17, 15) is 13.9 Å². The summed E-state index contributed by atoms with van der Waals surface area (Å²) in [4.78, 5) is 18.4. The maximum absolute atomic E-state index is 17.0. The molecule has 7 heterocycles. The molecule has 9 rings (SSSR count). The first-order valence-corrected chi connectivity index (χ1v) is 15.8. The van der Waals surface area contributed by atoms with Crippen LogP contribution in [0.3, 0.4) is 0 Å². The van der Waals surface area contributed by atoms with Gasteiger partial charge in [0.2, 0.25) is 5.88 Å². The van der Waals surface area contributed by atoms with Gasteiger partial charge in [-0.15, -0.1) is 6.42 Å². The van der Waals surface area contributed by atoms with Crippen LogP contribution in [-0.2, 0) is 0 Å². The number of benzene rings is 2. The zero-order valence-corrected chi connectivity index (χ0v) is 24.9. The Bertz CT molecular complexity index is 1990. The fourth-order valence-corrected chi connectivity index (χ4v) is 8.56. The second-order valence-electron chi connectivity index (χ2n) is 13.2. The highest BCUT2D eigenvalue weighted by atomic mass is 19.1. The third kappa shape index (κ3) is 4.07. The number of anilines is 1.